The number of ether oxygens (including phenoxy) is 1. The van der Waals surface area contributed by atoms with Gasteiger partial charge in [0.2, 0.25) is 0 Å². The SMILES string of the molecule is C[C@H]1C[C@@H]([C@@H](C)O)CCO1. The Labute approximate surface area is 62.2 Å². The zero-order chi connectivity index (χ0) is 7.56. The molecule has 0 saturated carbocycles. The highest BCUT2D eigenvalue weighted by Gasteiger charge is 2.22. The summed E-state index contributed by atoms with van der Waals surface area (Å²) in [5.41, 5.74) is 0. The first-order valence-corrected chi connectivity index (χ1v) is 4.00. The molecule has 3 atom stereocenters. The van der Waals surface area contributed by atoms with Gasteiger partial charge in [-0.15, -0.1) is 0 Å². The van der Waals surface area contributed by atoms with Crippen LogP contribution in [-0.2, 0) is 4.74 Å². The lowest BCUT2D eigenvalue weighted by Gasteiger charge is -2.28. The molecule has 0 aromatic rings. The lowest BCUT2D eigenvalue weighted by molar-refractivity contribution is -0.0305. The van der Waals surface area contributed by atoms with Gasteiger partial charge in [0.15, 0.2) is 0 Å². The van der Waals surface area contributed by atoms with Crippen LogP contribution in [0, 0.1) is 5.92 Å². The van der Waals surface area contributed by atoms with Crippen molar-refractivity contribution in [1.82, 2.24) is 0 Å². The minimum absolute atomic E-state index is 0.161. The monoisotopic (exact) mass is 144 g/mol. The Morgan fingerprint density at radius 1 is 1.60 bits per heavy atom. The van der Waals surface area contributed by atoms with E-state index >= 15 is 0 Å². The smallest absolute Gasteiger partial charge is 0.0550 e. The lowest BCUT2D eigenvalue weighted by atomic mass is 9.92. The summed E-state index contributed by atoms with van der Waals surface area (Å²) in [4.78, 5) is 0. The molecule has 0 aromatic carbocycles. The van der Waals surface area contributed by atoms with E-state index in [0.29, 0.717) is 12.0 Å². The van der Waals surface area contributed by atoms with Gasteiger partial charge < -0.3 is 9.84 Å². The molecule has 60 valence electrons. The maximum atomic E-state index is 9.24. The van der Waals surface area contributed by atoms with Gasteiger partial charge >= 0.3 is 0 Å². The second-order valence-electron chi connectivity index (χ2n) is 3.21. The van der Waals surface area contributed by atoms with E-state index in [1.54, 1.807) is 0 Å². The zero-order valence-corrected chi connectivity index (χ0v) is 6.71. The molecule has 10 heavy (non-hydrogen) atoms. The average molecular weight is 144 g/mol. The standard InChI is InChI=1S/C8H16O2/c1-6-5-8(7(2)9)3-4-10-6/h6-9H,3-5H2,1-2H3/t6-,7+,8-/m0/s1. The van der Waals surface area contributed by atoms with Gasteiger partial charge in [-0.1, -0.05) is 0 Å². The van der Waals surface area contributed by atoms with E-state index in [-0.39, 0.29) is 6.10 Å². The first-order chi connectivity index (χ1) is 4.70. The Bertz CT molecular complexity index is 101. The molecule has 0 aliphatic carbocycles. The lowest BCUT2D eigenvalue weighted by Crippen LogP contribution is -2.29. The summed E-state index contributed by atoms with van der Waals surface area (Å²) in [6, 6.07) is 0. The van der Waals surface area contributed by atoms with Crippen LogP contribution in [0.25, 0.3) is 0 Å². The van der Waals surface area contributed by atoms with Gasteiger partial charge in [0.05, 0.1) is 12.2 Å². The molecule has 1 aliphatic rings. The maximum absolute atomic E-state index is 9.24. The van der Waals surface area contributed by atoms with Gasteiger partial charge in [-0.2, -0.15) is 0 Å². The summed E-state index contributed by atoms with van der Waals surface area (Å²) in [6.07, 6.45) is 2.21. The van der Waals surface area contributed by atoms with Gasteiger partial charge in [-0.05, 0) is 32.6 Å². The van der Waals surface area contributed by atoms with Crippen molar-refractivity contribution in [3.63, 3.8) is 0 Å². The van der Waals surface area contributed by atoms with Gasteiger partial charge in [0.25, 0.3) is 0 Å². The molecule has 1 heterocycles. The van der Waals surface area contributed by atoms with Crippen molar-refractivity contribution in [1.29, 1.82) is 0 Å². The van der Waals surface area contributed by atoms with Crippen molar-refractivity contribution < 1.29 is 9.84 Å². The topological polar surface area (TPSA) is 29.5 Å². The van der Waals surface area contributed by atoms with E-state index < -0.39 is 0 Å². The van der Waals surface area contributed by atoms with Crippen LogP contribution in [0.5, 0.6) is 0 Å². The molecule has 0 amide bonds. The Kier molecular flexibility index (Phi) is 2.69. The molecule has 2 nitrogen and oxygen atoms in total. The minimum Gasteiger partial charge on any atom is -0.393 e. The summed E-state index contributed by atoms with van der Waals surface area (Å²) in [5.74, 6) is 0.462. The summed E-state index contributed by atoms with van der Waals surface area (Å²) >= 11 is 0. The normalized spacial score (nSPS) is 37.5. The second kappa shape index (κ2) is 3.35. The van der Waals surface area contributed by atoms with Gasteiger partial charge in [-0.3, -0.25) is 0 Å². The van der Waals surface area contributed by atoms with Crippen molar-refractivity contribution in [3.8, 4) is 0 Å². The van der Waals surface area contributed by atoms with Gasteiger partial charge in [0.1, 0.15) is 0 Å². The summed E-state index contributed by atoms with van der Waals surface area (Å²) < 4.78 is 5.35. The fourth-order valence-electron chi connectivity index (χ4n) is 1.47. The summed E-state index contributed by atoms with van der Waals surface area (Å²) in [6.45, 7) is 4.74. The molecule has 2 heteroatoms. The number of hydrogen-bond donors (Lipinski definition) is 1. The molecule has 0 unspecified atom stereocenters. The number of rotatable bonds is 1. The number of hydrogen-bond acceptors (Lipinski definition) is 2. The van der Waals surface area contributed by atoms with E-state index in [4.69, 9.17) is 4.74 Å². The van der Waals surface area contributed by atoms with Crippen molar-refractivity contribution in [2.24, 2.45) is 5.92 Å². The highest BCUT2D eigenvalue weighted by molar-refractivity contribution is 4.72. The van der Waals surface area contributed by atoms with Crippen LogP contribution in [0.15, 0.2) is 0 Å². The summed E-state index contributed by atoms with van der Waals surface area (Å²) in [7, 11) is 0. The molecular formula is C8H16O2. The Balaban J connectivity index is 2.32. The molecule has 1 N–H and O–H groups in total. The van der Waals surface area contributed by atoms with E-state index in [2.05, 4.69) is 6.92 Å². The summed E-state index contributed by atoms with van der Waals surface area (Å²) in [5, 5.41) is 9.24. The molecule has 1 aliphatic heterocycles. The van der Waals surface area contributed by atoms with Gasteiger partial charge in [0, 0.05) is 6.61 Å². The van der Waals surface area contributed by atoms with Crippen LogP contribution in [-0.4, -0.2) is 23.9 Å². The third kappa shape index (κ3) is 1.96. The largest absolute Gasteiger partial charge is 0.393 e. The number of aliphatic hydroxyl groups excluding tert-OH is 1. The highest BCUT2D eigenvalue weighted by atomic mass is 16.5. The average Bonchev–Trinajstić information content (AvgIpc) is 1.88. The van der Waals surface area contributed by atoms with E-state index in [1.807, 2.05) is 6.92 Å². The predicted molar refractivity (Wildman–Crippen MR) is 39.8 cm³/mol. The van der Waals surface area contributed by atoms with Crippen molar-refractivity contribution in [2.45, 2.75) is 38.9 Å². The third-order valence-electron chi connectivity index (χ3n) is 2.21. The van der Waals surface area contributed by atoms with Crippen LogP contribution in [0.2, 0.25) is 0 Å². The molecule has 0 bridgehead atoms. The van der Waals surface area contributed by atoms with Crippen LogP contribution < -0.4 is 0 Å². The van der Waals surface area contributed by atoms with Crippen molar-refractivity contribution in [3.05, 3.63) is 0 Å². The van der Waals surface area contributed by atoms with E-state index in [9.17, 15) is 5.11 Å². The van der Waals surface area contributed by atoms with Crippen molar-refractivity contribution in [2.75, 3.05) is 6.61 Å². The van der Waals surface area contributed by atoms with Gasteiger partial charge in [-0.25, -0.2) is 0 Å². The minimum atomic E-state index is -0.161. The highest BCUT2D eigenvalue weighted by Crippen LogP contribution is 2.22. The Hall–Kier alpha value is -0.0800. The van der Waals surface area contributed by atoms with E-state index in [1.165, 1.54) is 0 Å². The third-order valence-corrected chi connectivity index (χ3v) is 2.21. The molecule has 1 saturated heterocycles. The second-order valence-corrected chi connectivity index (χ2v) is 3.21. The van der Waals surface area contributed by atoms with Crippen LogP contribution in [0.4, 0.5) is 0 Å². The van der Waals surface area contributed by atoms with Crippen LogP contribution >= 0.6 is 0 Å². The molecular weight excluding hydrogens is 128 g/mol. The fraction of sp³-hybridized carbons (Fsp3) is 1.00. The first-order valence-electron chi connectivity index (χ1n) is 4.00. The zero-order valence-electron chi connectivity index (χ0n) is 6.71. The van der Waals surface area contributed by atoms with Crippen LogP contribution in [0.3, 0.4) is 0 Å². The Morgan fingerprint density at radius 2 is 2.30 bits per heavy atom. The molecule has 1 fully saturated rings. The first kappa shape index (κ1) is 8.02. The quantitative estimate of drug-likeness (QED) is 0.599. The van der Waals surface area contributed by atoms with E-state index in [0.717, 1.165) is 19.4 Å². The molecule has 0 aromatic heterocycles. The molecule has 1 rings (SSSR count). The maximum Gasteiger partial charge on any atom is 0.0550 e. The predicted octanol–water partition coefficient (Wildman–Crippen LogP) is 1.18. The van der Waals surface area contributed by atoms with Crippen molar-refractivity contribution >= 4 is 0 Å². The van der Waals surface area contributed by atoms with Crippen LogP contribution in [0.1, 0.15) is 26.7 Å². The number of aliphatic hydroxyl groups is 1. The Morgan fingerprint density at radius 3 is 2.70 bits per heavy atom. The fourth-order valence-corrected chi connectivity index (χ4v) is 1.47. The molecule has 0 radical (unpaired) electrons. The molecule has 0 spiro atoms.